The molecule has 6 nitrogen and oxygen atoms in total. The van der Waals surface area contributed by atoms with E-state index in [2.05, 4.69) is 0 Å². The number of hydrogen-bond donors (Lipinski definition) is 6. The number of benzene rings is 3. The van der Waals surface area contributed by atoms with Gasteiger partial charge in [-0.3, -0.25) is 0 Å². The Hall–Kier alpha value is -3.22. The van der Waals surface area contributed by atoms with Crippen molar-refractivity contribution in [3.05, 3.63) is 81.4 Å². The first kappa shape index (κ1) is 20.5. The van der Waals surface area contributed by atoms with Crippen LogP contribution in [0.25, 0.3) is 0 Å². The van der Waals surface area contributed by atoms with Gasteiger partial charge in [0, 0.05) is 39.3 Å². The zero-order valence-electron chi connectivity index (χ0n) is 16.2. The second-order valence-electron chi connectivity index (χ2n) is 7.05. The van der Waals surface area contributed by atoms with E-state index in [1.807, 2.05) is 30.3 Å². The molecule has 3 rings (SSSR count). The number of aliphatic hydroxyl groups is 2. The Bertz CT molecular complexity index is 978. The SMILES string of the molecule is Cc1c(O)c(CO)cc(C(c2ccccc2)c2cc(CO)c(O)c(C)c2O)c1O. The molecular weight excluding hydrogens is 372 g/mol. The molecular formula is C23H24O6. The zero-order chi connectivity index (χ0) is 21.3. The van der Waals surface area contributed by atoms with Crippen molar-refractivity contribution in [1.29, 1.82) is 0 Å². The lowest BCUT2D eigenvalue weighted by Crippen LogP contribution is -2.08. The Balaban J connectivity index is 2.39. The second-order valence-corrected chi connectivity index (χ2v) is 7.05. The quantitative estimate of drug-likeness (QED) is 0.368. The van der Waals surface area contributed by atoms with Gasteiger partial charge in [-0.2, -0.15) is 0 Å². The van der Waals surface area contributed by atoms with Crippen LogP contribution in [0, 0.1) is 13.8 Å². The Labute approximate surface area is 168 Å². The number of hydrogen-bond acceptors (Lipinski definition) is 6. The van der Waals surface area contributed by atoms with Crippen LogP contribution in [0.3, 0.4) is 0 Å². The highest BCUT2D eigenvalue weighted by Gasteiger charge is 2.28. The van der Waals surface area contributed by atoms with Gasteiger partial charge in [0.05, 0.1) is 13.2 Å². The lowest BCUT2D eigenvalue weighted by Gasteiger charge is -2.25. The molecule has 0 radical (unpaired) electrons. The van der Waals surface area contributed by atoms with E-state index in [4.69, 9.17) is 0 Å². The molecule has 0 aliphatic carbocycles. The number of phenols is 4. The third-order valence-corrected chi connectivity index (χ3v) is 5.33. The van der Waals surface area contributed by atoms with Crippen molar-refractivity contribution < 1.29 is 30.6 Å². The second kappa shape index (κ2) is 8.03. The Morgan fingerprint density at radius 3 is 1.45 bits per heavy atom. The summed E-state index contributed by atoms with van der Waals surface area (Å²) in [4.78, 5) is 0. The van der Waals surface area contributed by atoms with E-state index >= 15 is 0 Å². The van der Waals surface area contributed by atoms with Gasteiger partial charge in [-0.15, -0.1) is 0 Å². The van der Waals surface area contributed by atoms with E-state index in [0.717, 1.165) is 5.56 Å². The minimum atomic E-state index is -0.676. The predicted molar refractivity (Wildman–Crippen MR) is 108 cm³/mol. The van der Waals surface area contributed by atoms with Gasteiger partial charge < -0.3 is 30.6 Å². The molecule has 6 heteroatoms. The maximum absolute atomic E-state index is 10.8. The average Bonchev–Trinajstić information content (AvgIpc) is 2.74. The first-order valence-corrected chi connectivity index (χ1v) is 9.17. The summed E-state index contributed by atoms with van der Waals surface area (Å²) >= 11 is 0. The number of phenolic OH excluding ortho intramolecular Hbond substituents is 2. The van der Waals surface area contributed by atoms with Gasteiger partial charge in [0.1, 0.15) is 23.0 Å². The van der Waals surface area contributed by atoms with E-state index in [-0.39, 0.29) is 45.3 Å². The van der Waals surface area contributed by atoms with E-state index in [9.17, 15) is 30.6 Å². The molecule has 0 amide bonds. The van der Waals surface area contributed by atoms with Gasteiger partial charge >= 0.3 is 0 Å². The molecule has 0 aromatic heterocycles. The predicted octanol–water partition coefficient (Wildman–Crippen LogP) is 3.29. The van der Waals surface area contributed by atoms with E-state index in [1.165, 1.54) is 26.0 Å². The number of rotatable bonds is 5. The van der Waals surface area contributed by atoms with Gasteiger partial charge in [0.2, 0.25) is 0 Å². The molecule has 0 aliphatic rings. The summed E-state index contributed by atoms with van der Waals surface area (Å²) in [5.74, 6) is -1.38. The van der Waals surface area contributed by atoms with Crippen molar-refractivity contribution in [1.82, 2.24) is 0 Å². The van der Waals surface area contributed by atoms with Crippen LogP contribution in [0.1, 0.15) is 44.9 Å². The Morgan fingerprint density at radius 1 is 0.655 bits per heavy atom. The molecule has 0 heterocycles. The number of aromatic hydroxyl groups is 4. The van der Waals surface area contributed by atoms with Crippen molar-refractivity contribution in [3.8, 4) is 23.0 Å². The first-order chi connectivity index (χ1) is 13.8. The molecule has 152 valence electrons. The van der Waals surface area contributed by atoms with Crippen LogP contribution in [0.15, 0.2) is 42.5 Å². The van der Waals surface area contributed by atoms with Gasteiger partial charge in [-0.05, 0) is 31.5 Å². The number of aliphatic hydroxyl groups excluding tert-OH is 2. The van der Waals surface area contributed by atoms with E-state index in [1.54, 1.807) is 0 Å². The van der Waals surface area contributed by atoms with Crippen LogP contribution < -0.4 is 0 Å². The van der Waals surface area contributed by atoms with Crippen LogP contribution in [-0.2, 0) is 13.2 Å². The van der Waals surface area contributed by atoms with Crippen molar-refractivity contribution >= 4 is 0 Å². The third-order valence-electron chi connectivity index (χ3n) is 5.33. The van der Waals surface area contributed by atoms with Gasteiger partial charge in [-0.1, -0.05) is 30.3 Å². The highest BCUT2D eigenvalue weighted by molar-refractivity contribution is 5.62. The topological polar surface area (TPSA) is 121 Å². The van der Waals surface area contributed by atoms with Gasteiger partial charge in [0.25, 0.3) is 0 Å². The molecule has 3 aromatic rings. The molecule has 0 unspecified atom stereocenters. The average molecular weight is 396 g/mol. The van der Waals surface area contributed by atoms with E-state index < -0.39 is 19.1 Å². The highest BCUT2D eigenvalue weighted by atomic mass is 16.3. The molecule has 0 spiro atoms. The van der Waals surface area contributed by atoms with Crippen molar-refractivity contribution in [2.75, 3.05) is 0 Å². The normalized spacial score (nSPS) is 11.2. The molecule has 29 heavy (non-hydrogen) atoms. The lowest BCUT2D eigenvalue weighted by molar-refractivity contribution is 0.274. The van der Waals surface area contributed by atoms with Gasteiger partial charge in [0.15, 0.2) is 0 Å². The zero-order valence-corrected chi connectivity index (χ0v) is 16.2. The third kappa shape index (κ3) is 3.48. The van der Waals surface area contributed by atoms with Crippen molar-refractivity contribution in [3.63, 3.8) is 0 Å². The molecule has 0 aliphatic heterocycles. The first-order valence-electron chi connectivity index (χ1n) is 9.17. The maximum Gasteiger partial charge on any atom is 0.127 e. The summed E-state index contributed by atoms with van der Waals surface area (Å²) in [7, 11) is 0. The summed E-state index contributed by atoms with van der Waals surface area (Å²) in [5, 5.41) is 61.3. The maximum atomic E-state index is 10.8. The summed E-state index contributed by atoms with van der Waals surface area (Å²) in [6, 6.07) is 12.1. The summed E-state index contributed by atoms with van der Waals surface area (Å²) in [6.45, 7) is 2.22. The fraction of sp³-hybridized carbons (Fsp3) is 0.217. The van der Waals surface area contributed by atoms with E-state index in [0.29, 0.717) is 11.1 Å². The monoisotopic (exact) mass is 396 g/mol. The molecule has 0 bridgehead atoms. The largest absolute Gasteiger partial charge is 0.507 e. The van der Waals surface area contributed by atoms with Crippen LogP contribution in [0.5, 0.6) is 23.0 Å². The molecule has 0 atom stereocenters. The molecule has 0 saturated heterocycles. The minimum absolute atomic E-state index is 0.163. The van der Waals surface area contributed by atoms with Crippen LogP contribution in [-0.4, -0.2) is 30.6 Å². The highest BCUT2D eigenvalue weighted by Crippen LogP contribution is 2.47. The minimum Gasteiger partial charge on any atom is -0.507 e. The standard InChI is InChI=1S/C23H24O6/c1-12-20(26)15(10-24)8-17(22(12)28)19(14-6-4-3-5-7-14)18-9-16(11-25)21(27)13(2)23(18)29/h3-9,19,24-29H,10-11H2,1-2H3. The summed E-state index contributed by atoms with van der Waals surface area (Å²) < 4.78 is 0. The molecule has 0 fully saturated rings. The Morgan fingerprint density at radius 2 is 1.07 bits per heavy atom. The summed E-state index contributed by atoms with van der Waals surface area (Å²) in [6.07, 6.45) is 0. The molecule has 3 aromatic carbocycles. The van der Waals surface area contributed by atoms with Crippen LogP contribution in [0.2, 0.25) is 0 Å². The molecule has 0 saturated carbocycles. The fourth-order valence-corrected chi connectivity index (χ4v) is 3.64. The smallest absolute Gasteiger partial charge is 0.127 e. The van der Waals surface area contributed by atoms with Crippen LogP contribution in [0.4, 0.5) is 0 Å². The van der Waals surface area contributed by atoms with Crippen molar-refractivity contribution in [2.24, 2.45) is 0 Å². The summed E-state index contributed by atoms with van der Waals surface area (Å²) in [5.41, 5.74) is 2.40. The Kier molecular flexibility index (Phi) is 5.68. The van der Waals surface area contributed by atoms with Gasteiger partial charge in [-0.25, -0.2) is 0 Å². The fourth-order valence-electron chi connectivity index (χ4n) is 3.64. The molecule has 6 N–H and O–H groups in total. The van der Waals surface area contributed by atoms with Crippen LogP contribution >= 0.6 is 0 Å². The lowest BCUT2D eigenvalue weighted by atomic mass is 9.81. The van der Waals surface area contributed by atoms with Crippen molar-refractivity contribution in [2.45, 2.75) is 33.0 Å².